The van der Waals surface area contributed by atoms with E-state index >= 15 is 0 Å². The number of hydrogen-bond acceptors (Lipinski definition) is 4. The number of rotatable bonds is 6. The Hall–Kier alpha value is -2.25. The van der Waals surface area contributed by atoms with Crippen molar-refractivity contribution < 1.29 is 17.9 Å². The highest BCUT2D eigenvalue weighted by atomic mass is 35.5. The van der Waals surface area contributed by atoms with Gasteiger partial charge in [-0.15, -0.1) is 0 Å². The monoisotopic (exact) mass is 408 g/mol. The quantitative estimate of drug-likeness (QED) is 0.746. The van der Waals surface area contributed by atoms with Crippen LogP contribution in [0.3, 0.4) is 0 Å². The average molecular weight is 409 g/mol. The first kappa shape index (κ1) is 19.5. The van der Waals surface area contributed by atoms with E-state index < -0.39 is 15.9 Å². The summed E-state index contributed by atoms with van der Waals surface area (Å²) < 4.78 is 31.4. The number of carbonyl (C=O) groups excluding carboxylic acids is 1. The van der Waals surface area contributed by atoms with Gasteiger partial charge in [0.1, 0.15) is 5.75 Å². The van der Waals surface area contributed by atoms with Crippen molar-refractivity contribution in [2.45, 2.75) is 31.8 Å². The second-order valence-electron chi connectivity index (χ2n) is 6.57. The van der Waals surface area contributed by atoms with Crippen LogP contribution in [0.4, 0.5) is 11.4 Å². The van der Waals surface area contributed by atoms with Gasteiger partial charge in [0.15, 0.2) is 0 Å². The SMILES string of the molecule is CS(=O)(=O)Nc1ccc(Cl)cc1C(=O)Nc1cccc(OC2CCCC2)c1. The molecule has 8 heteroatoms. The molecule has 0 unspecified atom stereocenters. The van der Waals surface area contributed by atoms with Crippen molar-refractivity contribution in [2.24, 2.45) is 0 Å². The Morgan fingerprint density at radius 2 is 1.89 bits per heavy atom. The molecule has 2 N–H and O–H groups in total. The van der Waals surface area contributed by atoms with Gasteiger partial charge in [-0.2, -0.15) is 0 Å². The van der Waals surface area contributed by atoms with Crippen molar-refractivity contribution in [1.29, 1.82) is 0 Å². The molecular weight excluding hydrogens is 388 g/mol. The predicted molar refractivity (Wildman–Crippen MR) is 107 cm³/mol. The van der Waals surface area contributed by atoms with Crippen LogP contribution >= 0.6 is 11.6 Å². The Labute approximate surface area is 163 Å². The largest absolute Gasteiger partial charge is 0.490 e. The average Bonchev–Trinajstić information content (AvgIpc) is 3.08. The first-order chi connectivity index (χ1) is 12.8. The van der Waals surface area contributed by atoms with E-state index in [0.717, 1.165) is 19.1 Å². The van der Waals surface area contributed by atoms with Crippen molar-refractivity contribution in [3.63, 3.8) is 0 Å². The van der Waals surface area contributed by atoms with Crippen LogP contribution in [0, 0.1) is 0 Å². The van der Waals surface area contributed by atoms with Gasteiger partial charge in [-0.05, 0) is 56.0 Å². The van der Waals surface area contributed by atoms with Crippen LogP contribution in [0.5, 0.6) is 5.75 Å². The molecule has 0 heterocycles. The first-order valence-electron chi connectivity index (χ1n) is 8.65. The fraction of sp³-hybridized carbons (Fsp3) is 0.316. The number of benzene rings is 2. The normalized spacial score (nSPS) is 14.7. The van der Waals surface area contributed by atoms with E-state index in [2.05, 4.69) is 10.0 Å². The minimum absolute atomic E-state index is 0.134. The maximum absolute atomic E-state index is 12.7. The molecule has 3 rings (SSSR count). The molecule has 144 valence electrons. The van der Waals surface area contributed by atoms with Crippen LogP contribution in [-0.2, 0) is 10.0 Å². The first-order valence-corrected chi connectivity index (χ1v) is 10.9. The number of anilines is 2. The molecular formula is C19H21ClN2O4S. The van der Waals surface area contributed by atoms with Gasteiger partial charge in [0.2, 0.25) is 10.0 Å². The fourth-order valence-corrected chi connectivity index (χ4v) is 3.79. The van der Waals surface area contributed by atoms with E-state index in [1.165, 1.54) is 31.0 Å². The van der Waals surface area contributed by atoms with E-state index in [9.17, 15) is 13.2 Å². The third kappa shape index (κ3) is 5.61. The highest BCUT2D eigenvalue weighted by Gasteiger charge is 2.18. The van der Waals surface area contributed by atoms with Gasteiger partial charge in [-0.3, -0.25) is 9.52 Å². The molecule has 2 aromatic rings. The zero-order valence-corrected chi connectivity index (χ0v) is 16.4. The van der Waals surface area contributed by atoms with Crippen LogP contribution in [0.2, 0.25) is 5.02 Å². The maximum atomic E-state index is 12.7. The van der Waals surface area contributed by atoms with Gasteiger partial charge in [0.25, 0.3) is 5.91 Å². The molecule has 0 saturated heterocycles. The molecule has 0 atom stereocenters. The van der Waals surface area contributed by atoms with Gasteiger partial charge in [0.05, 0.1) is 23.6 Å². The van der Waals surface area contributed by atoms with Crippen molar-refractivity contribution in [2.75, 3.05) is 16.3 Å². The lowest BCUT2D eigenvalue weighted by Crippen LogP contribution is -2.17. The molecule has 0 bridgehead atoms. The van der Waals surface area contributed by atoms with E-state index in [0.29, 0.717) is 16.5 Å². The smallest absolute Gasteiger partial charge is 0.257 e. The number of hydrogen-bond donors (Lipinski definition) is 2. The zero-order chi connectivity index (χ0) is 19.4. The summed E-state index contributed by atoms with van der Waals surface area (Å²) in [5, 5.41) is 3.10. The number of amides is 1. The summed E-state index contributed by atoms with van der Waals surface area (Å²) in [5.74, 6) is 0.224. The third-order valence-corrected chi connectivity index (χ3v) is 5.04. The molecule has 1 aliphatic carbocycles. The predicted octanol–water partition coefficient (Wildman–Crippen LogP) is 4.29. The van der Waals surface area contributed by atoms with E-state index in [-0.39, 0.29) is 17.4 Å². The molecule has 2 aromatic carbocycles. The molecule has 1 saturated carbocycles. The van der Waals surface area contributed by atoms with Gasteiger partial charge in [0, 0.05) is 16.8 Å². The Kier molecular flexibility index (Phi) is 5.92. The van der Waals surface area contributed by atoms with Gasteiger partial charge in [-0.25, -0.2) is 8.42 Å². The summed E-state index contributed by atoms with van der Waals surface area (Å²) >= 11 is 5.98. The second-order valence-corrected chi connectivity index (χ2v) is 8.76. The third-order valence-electron chi connectivity index (χ3n) is 4.22. The van der Waals surface area contributed by atoms with Crippen molar-refractivity contribution >= 4 is 38.9 Å². The highest BCUT2D eigenvalue weighted by molar-refractivity contribution is 7.92. The summed E-state index contributed by atoms with van der Waals surface area (Å²) in [4.78, 5) is 12.7. The van der Waals surface area contributed by atoms with Crippen LogP contribution in [0.15, 0.2) is 42.5 Å². The summed E-state index contributed by atoms with van der Waals surface area (Å²) in [7, 11) is -3.53. The standard InChI is InChI=1S/C19H21ClN2O4S/c1-27(24,25)22-18-10-9-13(20)11-17(18)19(23)21-14-5-4-8-16(12-14)26-15-6-2-3-7-15/h4-5,8-12,15,22H,2-3,6-7H2,1H3,(H,21,23). The Balaban J connectivity index is 1.78. The minimum atomic E-state index is -3.53. The Morgan fingerprint density at radius 3 is 2.59 bits per heavy atom. The highest BCUT2D eigenvalue weighted by Crippen LogP contribution is 2.27. The topological polar surface area (TPSA) is 84.5 Å². The van der Waals surface area contributed by atoms with Crippen molar-refractivity contribution in [3.8, 4) is 5.75 Å². The minimum Gasteiger partial charge on any atom is -0.490 e. The van der Waals surface area contributed by atoms with Crippen LogP contribution in [-0.4, -0.2) is 26.7 Å². The number of carbonyl (C=O) groups is 1. The summed E-state index contributed by atoms with van der Waals surface area (Å²) in [6.07, 6.45) is 5.67. The van der Waals surface area contributed by atoms with Crippen LogP contribution < -0.4 is 14.8 Å². The molecule has 6 nitrogen and oxygen atoms in total. The van der Waals surface area contributed by atoms with E-state index in [1.807, 2.05) is 6.07 Å². The number of halogens is 1. The lowest BCUT2D eigenvalue weighted by atomic mass is 10.1. The van der Waals surface area contributed by atoms with Gasteiger partial charge < -0.3 is 10.1 Å². The molecule has 1 fully saturated rings. The summed E-state index contributed by atoms with van der Waals surface area (Å²) in [6, 6.07) is 11.5. The summed E-state index contributed by atoms with van der Waals surface area (Å²) in [6.45, 7) is 0. The number of nitrogens with one attached hydrogen (secondary N) is 2. The van der Waals surface area contributed by atoms with Gasteiger partial charge in [-0.1, -0.05) is 17.7 Å². The van der Waals surface area contributed by atoms with E-state index in [1.54, 1.807) is 18.2 Å². The molecule has 0 aliphatic heterocycles. The maximum Gasteiger partial charge on any atom is 0.257 e. The Bertz CT molecular complexity index is 940. The number of ether oxygens (including phenoxy) is 1. The molecule has 0 radical (unpaired) electrons. The molecule has 0 aromatic heterocycles. The van der Waals surface area contributed by atoms with Crippen molar-refractivity contribution in [3.05, 3.63) is 53.1 Å². The molecule has 1 aliphatic rings. The molecule has 0 spiro atoms. The fourth-order valence-electron chi connectivity index (χ4n) is 3.04. The lowest BCUT2D eigenvalue weighted by molar-refractivity contribution is 0.102. The van der Waals surface area contributed by atoms with Crippen molar-refractivity contribution in [1.82, 2.24) is 0 Å². The second kappa shape index (κ2) is 8.19. The van der Waals surface area contributed by atoms with Crippen LogP contribution in [0.25, 0.3) is 0 Å². The summed E-state index contributed by atoms with van der Waals surface area (Å²) in [5.41, 5.74) is 0.855. The lowest BCUT2D eigenvalue weighted by Gasteiger charge is -2.15. The molecule has 1 amide bonds. The van der Waals surface area contributed by atoms with Crippen LogP contribution in [0.1, 0.15) is 36.0 Å². The zero-order valence-electron chi connectivity index (χ0n) is 14.9. The Morgan fingerprint density at radius 1 is 1.15 bits per heavy atom. The van der Waals surface area contributed by atoms with E-state index in [4.69, 9.17) is 16.3 Å². The molecule has 27 heavy (non-hydrogen) atoms. The number of sulfonamides is 1. The van der Waals surface area contributed by atoms with Gasteiger partial charge >= 0.3 is 0 Å².